The van der Waals surface area contributed by atoms with Gasteiger partial charge in [0, 0.05) is 6.54 Å². The summed E-state index contributed by atoms with van der Waals surface area (Å²) in [7, 11) is 2.07. The second kappa shape index (κ2) is 6.40. The van der Waals surface area contributed by atoms with Crippen LogP contribution in [0.15, 0.2) is 24.3 Å². The van der Waals surface area contributed by atoms with E-state index in [1.54, 1.807) is 18.2 Å². The fraction of sp³-hybridized carbons (Fsp3) is 0.500. The number of nitrogens with zero attached hydrogens (tertiary/aromatic N) is 1. The number of carboxylic acid groups (broad SMARTS) is 1. The van der Waals surface area contributed by atoms with E-state index in [2.05, 4.69) is 25.8 Å². The molecular weight excluding hydrogens is 214 g/mol. The Hall–Kier alpha value is -1.35. The van der Waals surface area contributed by atoms with Crippen LogP contribution in [0.5, 0.6) is 0 Å². The summed E-state index contributed by atoms with van der Waals surface area (Å²) in [5, 5.41) is 8.91. The second-order valence-corrected chi connectivity index (χ2v) is 4.93. The van der Waals surface area contributed by atoms with Gasteiger partial charge in [-0.15, -0.1) is 0 Å². The first kappa shape index (κ1) is 13.7. The van der Waals surface area contributed by atoms with Gasteiger partial charge in [-0.25, -0.2) is 4.79 Å². The molecule has 0 aliphatic rings. The lowest BCUT2D eigenvalue weighted by Gasteiger charge is -2.18. The molecule has 0 saturated carbocycles. The number of carbonyl (C=O) groups is 1. The Morgan fingerprint density at radius 2 is 2.12 bits per heavy atom. The third-order valence-electron chi connectivity index (χ3n) is 2.71. The van der Waals surface area contributed by atoms with Gasteiger partial charge in [-0.3, -0.25) is 0 Å². The lowest BCUT2D eigenvalue weighted by molar-refractivity contribution is 0.0696. The van der Waals surface area contributed by atoms with Crippen LogP contribution in [-0.4, -0.2) is 29.6 Å². The summed E-state index contributed by atoms with van der Waals surface area (Å²) in [6, 6.07) is 7.14. The van der Waals surface area contributed by atoms with Crippen molar-refractivity contribution in [3.63, 3.8) is 0 Å². The van der Waals surface area contributed by atoms with Crippen molar-refractivity contribution in [1.82, 2.24) is 4.90 Å². The van der Waals surface area contributed by atoms with Crippen LogP contribution in [0.3, 0.4) is 0 Å². The number of benzene rings is 1. The number of carboxylic acids is 1. The van der Waals surface area contributed by atoms with Crippen molar-refractivity contribution < 1.29 is 9.90 Å². The van der Waals surface area contributed by atoms with Crippen LogP contribution < -0.4 is 0 Å². The molecule has 1 N–H and O–H groups in total. The molecule has 1 rings (SSSR count). The first-order valence-electron chi connectivity index (χ1n) is 6.00. The molecule has 0 aromatic heterocycles. The highest BCUT2D eigenvalue weighted by Crippen LogP contribution is 2.09. The van der Waals surface area contributed by atoms with Crippen molar-refractivity contribution in [2.75, 3.05) is 13.6 Å². The minimum Gasteiger partial charge on any atom is -0.478 e. The van der Waals surface area contributed by atoms with E-state index in [0.29, 0.717) is 11.5 Å². The van der Waals surface area contributed by atoms with Crippen molar-refractivity contribution >= 4 is 5.97 Å². The van der Waals surface area contributed by atoms with Crippen molar-refractivity contribution in [3.05, 3.63) is 35.4 Å². The summed E-state index contributed by atoms with van der Waals surface area (Å²) in [5.41, 5.74) is 1.41. The molecule has 0 heterocycles. The predicted octanol–water partition coefficient (Wildman–Crippen LogP) is 2.86. The van der Waals surface area contributed by atoms with E-state index in [4.69, 9.17) is 5.11 Å². The Labute approximate surface area is 103 Å². The van der Waals surface area contributed by atoms with Gasteiger partial charge < -0.3 is 10.0 Å². The standard InChI is InChI=1S/C14H21NO2/c1-11(2)7-8-15(3)10-12-5-4-6-13(9-12)14(16)17/h4-6,9,11H,7-8,10H2,1-3H3,(H,16,17). The topological polar surface area (TPSA) is 40.5 Å². The molecule has 3 nitrogen and oxygen atoms in total. The minimum atomic E-state index is -0.864. The Morgan fingerprint density at radius 1 is 1.41 bits per heavy atom. The molecule has 94 valence electrons. The van der Waals surface area contributed by atoms with Crippen LogP contribution in [0.1, 0.15) is 36.2 Å². The van der Waals surface area contributed by atoms with Gasteiger partial charge in [0.05, 0.1) is 5.56 Å². The number of hydrogen-bond acceptors (Lipinski definition) is 2. The summed E-state index contributed by atoms with van der Waals surface area (Å²) < 4.78 is 0. The minimum absolute atomic E-state index is 0.361. The van der Waals surface area contributed by atoms with Crippen molar-refractivity contribution in [1.29, 1.82) is 0 Å². The van der Waals surface area contributed by atoms with Crippen LogP contribution in [0.25, 0.3) is 0 Å². The Kier molecular flexibility index (Phi) is 5.16. The number of aromatic carboxylic acids is 1. The third-order valence-corrected chi connectivity index (χ3v) is 2.71. The fourth-order valence-corrected chi connectivity index (χ4v) is 1.67. The maximum atomic E-state index is 10.8. The molecule has 1 aromatic carbocycles. The predicted molar refractivity (Wildman–Crippen MR) is 69.2 cm³/mol. The quantitative estimate of drug-likeness (QED) is 0.824. The van der Waals surface area contributed by atoms with E-state index in [0.717, 1.165) is 25.1 Å². The lowest BCUT2D eigenvalue weighted by atomic mass is 10.1. The first-order valence-corrected chi connectivity index (χ1v) is 6.00. The number of rotatable bonds is 6. The van der Waals surface area contributed by atoms with E-state index >= 15 is 0 Å². The molecule has 0 atom stereocenters. The average Bonchev–Trinajstić information content (AvgIpc) is 2.26. The molecule has 1 aromatic rings. The Morgan fingerprint density at radius 3 is 2.71 bits per heavy atom. The molecule has 17 heavy (non-hydrogen) atoms. The molecule has 0 unspecified atom stereocenters. The molecule has 0 aliphatic heterocycles. The molecule has 0 bridgehead atoms. The van der Waals surface area contributed by atoms with Gasteiger partial charge in [-0.05, 0) is 43.6 Å². The zero-order valence-corrected chi connectivity index (χ0v) is 10.8. The van der Waals surface area contributed by atoms with Crippen LogP contribution in [0.2, 0.25) is 0 Å². The summed E-state index contributed by atoms with van der Waals surface area (Å²) >= 11 is 0. The second-order valence-electron chi connectivity index (χ2n) is 4.93. The molecular formula is C14H21NO2. The SMILES string of the molecule is CC(C)CCN(C)Cc1cccc(C(=O)O)c1. The molecule has 3 heteroatoms. The highest BCUT2D eigenvalue weighted by Gasteiger charge is 2.05. The average molecular weight is 235 g/mol. The van der Waals surface area contributed by atoms with E-state index in [1.165, 1.54) is 0 Å². The molecule has 0 amide bonds. The molecule has 0 spiro atoms. The van der Waals surface area contributed by atoms with Gasteiger partial charge in [-0.2, -0.15) is 0 Å². The summed E-state index contributed by atoms with van der Waals surface area (Å²) in [6.07, 6.45) is 1.16. The van der Waals surface area contributed by atoms with E-state index in [-0.39, 0.29) is 0 Å². The number of hydrogen-bond donors (Lipinski definition) is 1. The van der Waals surface area contributed by atoms with Crippen LogP contribution in [0, 0.1) is 5.92 Å². The van der Waals surface area contributed by atoms with Crippen molar-refractivity contribution in [3.8, 4) is 0 Å². The third kappa shape index (κ3) is 5.00. The van der Waals surface area contributed by atoms with E-state index < -0.39 is 5.97 Å². The molecule has 0 fully saturated rings. The van der Waals surface area contributed by atoms with E-state index in [9.17, 15) is 4.79 Å². The van der Waals surface area contributed by atoms with Gasteiger partial charge in [0.15, 0.2) is 0 Å². The van der Waals surface area contributed by atoms with Crippen LogP contribution in [0.4, 0.5) is 0 Å². The fourth-order valence-electron chi connectivity index (χ4n) is 1.67. The van der Waals surface area contributed by atoms with Crippen LogP contribution >= 0.6 is 0 Å². The first-order chi connectivity index (χ1) is 7.99. The summed E-state index contributed by atoms with van der Waals surface area (Å²) in [5.74, 6) is -0.167. The smallest absolute Gasteiger partial charge is 0.335 e. The lowest BCUT2D eigenvalue weighted by Crippen LogP contribution is -2.20. The Balaban J connectivity index is 2.56. The van der Waals surface area contributed by atoms with Gasteiger partial charge in [-0.1, -0.05) is 26.0 Å². The highest BCUT2D eigenvalue weighted by atomic mass is 16.4. The van der Waals surface area contributed by atoms with E-state index in [1.807, 2.05) is 6.07 Å². The molecule has 0 aliphatic carbocycles. The monoisotopic (exact) mass is 235 g/mol. The Bertz CT molecular complexity index is 374. The highest BCUT2D eigenvalue weighted by molar-refractivity contribution is 5.87. The maximum Gasteiger partial charge on any atom is 0.335 e. The largest absolute Gasteiger partial charge is 0.478 e. The van der Waals surface area contributed by atoms with Gasteiger partial charge in [0.25, 0.3) is 0 Å². The van der Waals surface area contributed by atoms with Crippen molar-refractivity contribution in [2.24, 2.45) is 5.92 Å². The molecule has 0 radical (unpaired) electrons. The van der Waals surface area contributed by atoms with Crippen LogP contribution in [-0.2, 0) is 6.54 Å². The zero-order valence-electron chi connectivity index (χ0n) is 10.8. The van der Waals surface area contributed by atoms with Gasteiger partial charge in [0.2, 0.25) is 0 Å². The molecule has 0 saturated heterocycles. The van der Waals surface area contributed by atoms with Gasteiger partial charge >= 0.3 is 5.97 Å². The van der Waals surface area contributed by atoms with Crippen molar-refractivity contribution in [2.45, 2.75) is 26.8 Å². The summed E-state index contributed by atoms with van der Waals surface area (Å²) in [4.78, 5) is 13.1. The maximum absolute atomic E-state index is 10.8. The normalized spacial score (nSPS) is 11.1. The summed E-state index contributed by atoms with van der Waals surface area (Å²) in [6.45, 7) is 6.25. The zero-order chi connectivity index (χ0) is 12.8. The van der Waals surface area contributed by atoms with Gasteiger partial charge in [0.1, 0.15) is 0 Å².